The van der Waals surface area contributed by atoms with Crippen molar-refractivity contribution in [2.24, 2.45) is 5.92 Å². The molecule has 108 valence electrons. The molecule has 3 rings (SSSR count). The van der Waals surface area contributed by atoms with Crippen molar-refractivity contribution in [1.82, 2.24) is 4.98 Å². The van der Waals surface area contributed by atoms with E-state index in [-0.39, 0.29) is 23.6 Å². The first-order valence-electron chi connectivity index (χ1n) is 6.74. The lowest BCUT2D eigenvalue weighted by molar-refractivity contribution is -0.117. The Morgan fingerprint density at radius 1 is 1.33 bits per heavy atom. The van der Waals surface area contributed by atoms with E-state index in [1.54, 1.807) is 24.4 Å². The van der Waals surface area contributed by atoms with Crippen LogP contribution in [0.2, 0.25) is 0 Å². The van der Waals surface area contributed by atoms with E-state index in [2.05, 4.69) is 10.3 Å². The van der Waals surface area contributed by atoms with Crippen molar-refractivity contribution in [2.45, 2.75) is 17.4 Å². The Hall–Kier alpha value is -1.88. The number of carbonyl (C=O) groups excluding carboxylic acids is 1. The van der Waals surface area contributed by atoms with E-state index in [4.69, 9.17) is 0 Å². The molecule has 1 aliphatic carbocycles. The number of carbonyl (C=O) groups is 1. The Bertz CT molecular complexity index is 660. The Morgan fingerprint density at radius 3 is 2.81 bits per heavy atom. The summed E-state index contributed by atoms with van der Waals surface area (Å²) in [7, 11) is 0. The molecule has 1 aliphatic rings. The highest BCUT2D eigenvalue weighted by molar-refractivity contribution is 7.98. The van der Waals surface area contributed by atoms with Crippen LogP contribution in [0.1, 0.15) is 17.9 Å². The predicted octanol–water partition coefficient (Wildman–Crippen LogP) is 3.68. The van der Waals surface area contributed by atoms with Crippen molar-refractivity contribution in [1.29, 1.82) is 0 Å². The van der Waals surface area contributed by atoms with E-state index >= 15 is 0 Å². The molecule has 0 spiro atoms. The fourth-order valence-corrected chi connectivity index (χ4v) is 2.81. The highest BCUT2D eigenvalue weighted by atomic mass is 32.2. The van der Waals surface area contributed by atoms with Gasteiger partial charge in [0.25, 0.3) is 0 Å². The molecule has 21 heavy (non-hydrogen) atoms. The number of amides is 1. The van der Waals surface area contributed by atoms with Crippen molar-refractivity contribution in [3.8, 4) is 0 Å². The summed E-state index contributed by atoms with van der Waals surface area (Å²) in [5, 5.41) is 3.80. The number of nitrogens with zero attached hydrogens (tertiary/aromatic N) is 1. The third kappa shape index (κ3) is 3.24. The minimum Gasteiger partial charge on any atom is -0.326 e. The Balaban J connectivity index is 1.63. The molecule has 1 fully saturated rings. The summed E-state index contributed by atoms with van der Waals surface area (Å²) in [6.45, 7) is 0. The first-order valence-corrected chi connectivity index (χ1v) is 7.96. The zero-order chi connectivity index (χ0) is 14.8. The third-order valence-electron chi connectivity index (χ3n) is 3.64. The van der Waals surface area contributed by atoms with Gasteiger partial charge in [-0.3, -0.25) is 4.79 Å². The van der Waals surface area contributed by atoms with Gasteiger partial charge in [0.15, 0.2) is 0 Å². The van der Waals surface area contributed by atoms with Crippen LogP contribution in [0.5, 0.6) is 0 Å². The van der Waals surface area contributed by atoms with Crippen molar-refractivity contribution in [2.75, 3.05) is 11.6 Å². The van der Waals surface area contributed by atoms with Gasteiger partial charge in [-0.05, 0) is 48.4 Å². The van der Waals surface area contributed by atoms with Gasteiger partial charge < -0.3 is 5.32 Å². The first kappa shape index (κ1) is 14.1. The molecule has 1 aromatic heterocycles. The Labute approximate surface area is 127 Å². The standard InChI is InChI=1S/C16H15FN2OS/c1-21-15-8-12(6-7-18-15)19-16(20)14-9-13(14)10-2-4-11(17)5-3-10/h2-8,13-14H,9H2,1H3,(H,18,19,20)/t13-,14+/m0/s1. The molecule has 0 saturated heterocycles. The van der Waals surface area contributed by atoms with Crippen molar-refractivity contribution < 1.29 is 9.18 Å². The second kappa shape index (κ2) is 5.85. The van der Waals surface area contributed by atoms with Crippen LogP contribution in [0.25, 0.3) is 0 Å². The van der Waals surface area contributed by atoms with Gasteiger partial charge in [-0.15, -0.1) is 11.8 Å². The van der Waals surface area contributed by atoms with Crippen LogP contribution in [0.4, 0.5) is 10.1 Å². The van der Waals surface area contributed by atoms with Crippen molar-refractivity contribution in [3.63, 3.8) is 0 Å². The Morgan fingerprint density at radius 2 is 2.10 bits per heavy atom. The molecule has 1 saturated carbocycles. The van der Waals surface area contributed by atoms with Gasteiger partial charge in [-0.1, -0.05) is 12.1 Å². The fourth-order valence-electron chi connectivity index (χ4n) is 2.40. The summed E-state index contributed by atoms with van der Waals surface area (Å²) in [6.07, 6.45) is 4.45. The zero-order valence-corrected chi connectivity index (χ0v) is 12.4. The topological polar surface area (TPSA) is 42.0 Å². The average molecular weight is 302 g/mol. The van der Waals surface area contributed by atoms with Gasteiger partial charge in [-0.25, -0.2) is 9.37 Å². The van der Waals surface area contributed by atoms with Gasteiger partial charge in [0.05, 0.1) is 5.03 Å². The van der Waals surface area contributed by atoms with Gasteiger partial charge in [0, 0.05) is 17.8 Å². The number of hydrogen-bond donors (Lipinski definition) is 1. The predicted molar refractivity (Wildman–Crippen MR) is 81.9 cm³/mol. The van der Waals surface area contributed by atoms with E-state index in [0.29, 0.717) is 0 Å². The number of pyridine rings is 1. The number of thioether (sulfide) groups is 1. The third-order valence-corrected chi connectivity index (χ3v) is 4.28. The lowest BCUT2D eigenvalue weighted by atomic mass is 10.1. The lowest BCUT2D eigenvalue weighted by Gasteiger charge is -2.06. The molecule has 3 nitrogen and oxygen atoms in total. The number of benzene rings is 1. The van der Waals surface area contributed by atoms with Gasteiger partial charge in [0.2, 0.25) is 5.91 Å². The normalized spacial score (nSPS) is 20.1. The van der Waals surface area contributed by atoms with Crippen LogP contribution in [0.3, 0.4) is 0 Å². The summed E-state index contributed by atoms with van der Waals surface area (Å²) < 4.78 is 12.9. The minimum absolute atomic E-state index is 0.0163. The summed E-state index contributed by atoms with van der Waals surface area (Å²) in [5.41, 5.74) is 1.79. The lowest BCUT2D eigenvalue weighted by Crippen LogP contribution is -2.14. The van der Waals surface area contributed by atoms with Crippen LogP contribution >= 0.6 is 11.8 Å². The molecule has 0 unspecified atom stereocenters. The van der Waals surface area contributed by atoms with Crippen molar-refractivity contribution in [3.05, 3.63) is 54.0 Å². The largest absolute Gasteiger partial charge is 0.326 e. The van der Waals surface area contributed by atoms with Gasteiger partial charge in [0.1, 0.15) is 5.82 Å². The SMILES string of the molecule is CSc1cc(NC(=O)[C@@H]2C[C@H]2c2ccc(F)cc2)ccn1. The molecule has 1 amide bonds. The second-order valence-corrected chi connectivity index (χ2v) is 5.90. The maximum atomic E-state index is 12.9. The Kier molecular flexibility index (Phi) is 3.92. The van der Waals surface area contributed by atoms with Crippen molar-refractivity contribution >= 4 is 23.4 Å². The van der Waals surface area contributed by atoms with E-state index in [1.807, 2.05) is 12.3 Å². The number of aromatic nitrogens is 1. The molecule has 2 aromatic rings. The molecular weight excluding hydrogens is 287 g/mol. The molecular formula is C16H15FN2OS. The number of anilines is 1. The van der Waals surface area contributed by atoms with Crippen LogP contribution in [-0.4, -0.2) is 17.1 Å². The summed E-state index contributed by atoms with van der Waals surface area (Å²) in [5.74, 6) is -0.0572. The molecule has 0 radical (unpaired) electrons. The zero-order valence-electron chi connectivity index (χ0n) is 11.5. The second-order valence-electron chi connectivity index (χ2n) is 5.08. The number of rotatable bonds is 4. The summed E-state index contributed by atoms with van der Waals surface area (Å²) in [6, 6.07) is 10.0. The van der Waals surface area contributed by atoms with Crippen LogP contribution in [0, 0.1) is 11.7 Å². The van der Waals surface area contributed by atoms with Crippen LogP contribution < -0.4 is 5.32 Å². The summed E-state index contributed by atoms with van der Waals surface area (Å²) in [4.78, 5) is 16.4. The highest BCUT2D eigenvalue weighted by Gasteiger charge is 2.43. The number of halogens is 1. The maximum absolute atomic E-state index is 12.9. The molecule has 1 aromatic carbocycles. The summed E-state index contributed by atoms with van der Waals surface area (Å²) >= 11 is 1.53. The number of hydrogen-bond acceptors (Lipinski definition) is 3. The highest BCUT2D eigenvalue weighted by Crippen LogP contribution is 2.48. The van der Waals surface area contributed by atoms with E-state index in [1.165, 1.54) is 23.9 Å². The van der Waals surface area contributed by atoms with Crippen LogP contribution in [-0.2, 0) is 4.79 Å². The van der Waals surface area contributed by atoms with Gasteiger partial charge in [-0.2, -0.15) is 0 Å². The van der Waals surface area contributed by atoms with E-state index in [9.17, 15) is 9.18 Å². The van der Waals surface area contributed by atoms with Crippen LogP contribution in [0.15, 0.2) is 47.6 Å². The molecule has 5 heteroatoms. The quantitative estimate of drug-likeness (QED) is 0.876. The van der Waals surface area contributed by atoms with Gasteiger partial charge >= 0.3 is 0 Å². The maximum Gasteiger partial charge on any atom is 0.228 e. The van der Waals surface area contributed by atoms with E-state index in [0.717, 1.165) is 22.7 Å². The molecule has 1 heterocycles. The smallest absolute Gasteiger partial charge is 0.228 e. The monoisotopic (exact) mass is 302 g/mol. The fraction of sp³-hybridized carbons (Fsp3) is 0.250. The first-order chi connectivity index (χ1) is 10.2. The number of nitrogens with one attached hydrogen (secondary N) is 1. The molecule has 0 bridgehead atoms. The van der Waals surface area contributed by atoms with E-state index < -0.39 is 0 Å². The minimum atomic E-state index is -0.248. The molecule has 0 aliphatic heterocycles. The molecule has 1 N–H and O–H groups in total. The molecule has 2 atom stereocenters. The average Bonchev–Trinajstić information content (AvgIpc) is 3.29.